The van der Waals surface area contributed by atoms with E-state index in [9.17, 15) is 9.59 Å². The van der Waals surface area contributed by atoms with Crippen LogP contribution in [-0.2, 0) is 9.59 Å². The van der Waals surface area contributed by atoms with Crippen molar-refractivity contribution in [2.45, 2.75) is 25.2 Å². The topological polar surface area (TPSA) is 66.8 Å². The van der Waals surface area contributed by atoms with Gasteiger partial charge in [-0.15, -0.1) is 11.8 Å². The van der Waals surface area contributed by atoms with Crippen LogP contribution >= 0.6 is 11.8 Å². The number of carbonyl (C=O) groups excluding carboxylic acids is 1. The summed E-state index contributed by atoms with van der Waals surface area (Å²) in [4.78, 5) is 25.6. The van der Waals surface area contributed by atoms with Gasteiger partial charge in [0.25, 0.3) is 0 Å². The number of ether oxygens (including phenoxy) is 1. The summed E-state index contributed by atoms with van der Waals surface area (Å²) < 4.78 is 5.09. The minimum Gasteiger partial charge on any atom is -0.497 e. The van der Waals surface area contributed by atoms with Crippen LogP contribution in [0.15, 0.2) is 29.2 Å². The fourth-order valence-corrected chi connectivity index (χ4v) is 2.70. The number of thioether (sulfide) groups is 1. The molecule has 0 aliphatic carbocycles. The van der Waals surface area contributed by atoms with Gasteiger partial charge < -0.3 is 14.7 Å². The molecule has 0 saturated heterocycles. The van der Waals surface area contributed by atoms with Gasteiger partial charge in [0.15, 0.2) is 0 Å². The van der Waals surface area contributed by atoms with Crippen LogP contribution in [0.5, 0.6) is 5.75 Å². The maximum atomic E-state index is 12.3. The number of methoxy groups -OCH3 is 1. The Morgan fingerprint density at radius 3 is 2.41 bits per heavy atom. The number of aliphatic carboxylic acids is 1. The first-order chi connectivity index (χ1) is 10.4. The van der Waals surface area contributed by atoms with Crippen LogP contribution < -0.4 is 4.74 Å². The van der Waals surface area contributed by atoms with E-state index in [1.165, 1.54) is 11.8 Å². The number of nitrogens with zero attached hydrogens (tertiary/aromatic N) is 1. The number of amides is 1. The van der Waals surface area contributed by atoms with Crippen LogP contribution in [0.2, 0.25) is 0 Å². The summed E-state index contributed by atoms with van der Waals surface area (Å²) in [5.41, 5.74) is 0. The van der Waals surface area contributed by atoms with Gasteiger partial charge in [0, 0.05) is 18.0 Å². The summed E-state index contributed by atoms with van der Waals surface area (Å²) in [6.45, 7) is 4.86. The molecule has 0 radical (unpaired) electrons. The van der Waals surface area contributed by atoms with Gasteiger partial charge in [-0.05, 0) is 30.2 Å². The molecule has 0 aliphatic rings. The minimum absolute atomic E-state index is 0.0222. The molecule has 0 saturated carbocycles. The van der Waals surface area contributed by atoms with Crippen molar-refractivity contribution in [2.24, 2.45) is 5.92 Å². The molecule has 0 unspecified atom stereocenters. The van der Waals surface area contributed by atoms with E-state index in [1.54, 1.807) is 12.0 Å². The lowest BCUT2D eigenvalue weighted by atomic mass is 10.2. The third-order valence-electron chi connectivity index (χ3n) is 2.96. The second kappa shape index (κ2) is 9.35. The zero-order chi connectivity index (χ0) is 16.5. The highest BCUT2D eigenvalue weighted by Crippen LogP contribution is 2.21. The Hall–Kier alpha value is -1.69. The predicted molar refractivity (Wildman–Crippen MR) is 87.4 cm³/mol. The lowest BCUT2D eigenvalue weighted by molar-refractivity contribution is -0.138. The van der Waals surface area contributed by atoms with Crippen LogP contribution in [0.4, 0.5) is 0 Å². The van der Waals surface area contributed by atoms with E-state index < -0.39 is 5.97 Å². The molecule has 122 valence electrons. The van der Waals surface area contributed by atoms with Gasteiger partial charge in [-0.25, -0.2) is 0 Å². The molecule has 0 atom stereocenters. The Kier molecular flexibility index (Phi) is 7.80. The van der Waals surface area contributed by atoms with E-state index in [0.29, 0.717) is 18.2 Å². The molecular weight excluding hydrogens is 302 g/mol. The second-order valence-corrected chi connectivity index (χ2v) is 6.39. The summed E-state index contributed by atoms with van der Waals surface area (Å²) in [5.74, 6) is 0.473. The molecule has 1 aromatic rings. The Bertz CT molecular complexity index is 487. The molecule has 0 aliphatic heterocycles. The molecule has 1 amide bonds. The molecule has 0 heterocycles. The average molecular weight is 325 g/mol. The summed E-state index contributed by atoms with van der Waals surface area (Å²) >= 11 is 1.44. The molecule has 1 aromatic carbocycles. The number of hydrogen-bond donors (Lipinski definition) is 1. The van der Waals surface area contributed by atoms with Crippen molar-refractivity contribution in [3.05, 3.63) is 24.3 Å². The van der Waals surface area contributed by atoms with Crippen LogP contribution in [0.3, 0.4) is 0 Å². The fourth-order valence-electron chi connectivity index (χ4n) is 1.90. The van der Waals surface area contributed by atoms with Gasteiger partial charge >= 0.3 is 5.97 Å². The standard InChI is InChI=1S/C16H23NO4S/c1-12(2)10-17(9-8-16(19)20)15(18)11-22-14-6-4-13(21-3)5-7-14/h4-7,12H,8-11H2,1-3H3,(H,19,20). The van der Waals surface area contributed by atoms with Crippen molar-refractivity contribution in [1.82, 2.24) is 4.90 Å². The molecule has 22 heavy (non-hydrogen) atoms. The number of carboxylic acid groups (broad SMARTS) is 1. The molecule has 6 heteroatoms. The third kappa shape index (κ3) is 6.85. The summed E-state index contributed by atoms with van der Waals surface area (Å²) in [5, 5.41) is 8.78. The zero-order valence-electron chi connectivity index (χ0n) is 13.2. The Morgan fingerprint density at radius 1 is 1.27 bits per heavy atom. The highest BCUT2D eigenvalue weighted by molar-refractivity contribution is 8.00. The average Bonchev–Trinajstić information content (AvgIpc) is 2.49. The quantitative estimate of drug-likeness (QED) is 0.707. The maximum Gasteiger partial charge on any atom is 0.305 e. The van der Waals surface area contributed by atoms with Crippen molar-refractivity contribution < 1.29 is 19.4 Å². The lowest BCUT2D eigenvalue weighted by Gasteiger charge is -2.23. The number of benzene rings is 1. The number of carboxylic acids is 1. The largest absolute Gasteiger partial charge is 0.497 e. The number of carbonyl (C=O) groups is 2. The number of hydrogen-bond acceptors (Lipinski definition) is 4. The Labute approximate surface area is 135 Å². The smallest absolute Gasteiger partial charge is 0.305 e. The van der Waals surface area contributed by atoms with Crippen LogP contribution in [0.1, 0.15) is 20.3 Å². The van der Waals surface area contributed by atoms with Crippen molar-refractivity contribution in [1.29, 1.82) is 0 Å². The number of rotatable bonds is 9. The third-order valence-corrected chi connectivity index (χ3v) is 3.95. The molecule has 0 fully saturated rings. The summed E-state index contributed by atoms with van der Waals surface area (Å²) in [6, 6.07) is 7.51. The Morgan fingerprint density at radius 2 is 1.91 bits per heavy atom. The van der Waals surface area contributed by atoms with Crippen molar-refractivity contribution in [3.63, 3.8) is 0 Å². The van der Waals surface area contributed by atoms with Crippen LogP contribution in [0, 0.1) is 5.92 Å². The molecule has 0 aromatic heterocycles. The first kappa shape index (κ1) is 18.4. The van der Waals surface area contributed by atoms with Gasteiger partial charge in [-0.2, -0.15) is 0 Å². The van der Waals surface area contributed by atoms with Gasteiger partial charge in [-0.1, -0.05) is 13.8 Å². The predicted octanol–water partition coefficient (Wildman–Crippen LogP) is 2.75. The van der Waals surface area contributed by atoms with Crippen LogP contribution in [-0.4, -0.2) is 47.8 Å². The van der Waals surface area contributed by atoms with E-state index in [1.807, 2.05) is 38.1 Å². The lowest BCUT2D eigenvalue weighted by Crippen LogP contribution is -2.37. The molecule has 0 spiro atoms. The first-order valence-corrected chi connectivity index (χ1v) is 8.17. The SMILES string of the molecule is COc1ccc(SCC(=O)N(CCC(=O)O)CC(C)C)cc1. The Balaban J connectivity index is 2.55. The van der Waals surface area contributed by atoms with Gasteiger partial charge in [0.2, 0.25) is 5.91 Å². The highest BCUT2D eigenvalue weighted by Gasteiger charge is 2.16. The first-order valence-electron chi connectivity index (χ1n) is 7.18. The van der Waals surface area contributed by atoms with E-state index >= 15 is 0 Å². The minimum atomic E-state index is -0.885. The maximum absolute atomic E-state index is 12.3. The molecular formula is C16H23NO4S. The van der Waals surface area contributed by atoms with E-state index in [0.717, 1.165) is 10.6 Å². The summed E-state index contributed by atoms with van der Waals surface area (Å²) in [6.07, 6.45) is -0.0222. The van der Waals surface area contributed by atoms with E-state index in [4.69, 9.17) is 9.84 Å². The van der Waals surface area contributed by atoms with Crippen molar-refractivity contribution in [2.75, 3.05) is 26.0 Å². The molecule has 1 N–H and O–H groups in total. The summed E-state index contributed by atoms with van der Waals surface area (Å²) in [7, 11) is 1.61. The van der Waals surface area contributed by atoms with E-state index in [-0.39, 0.29) is 18.9 Å². The van der Waals surface area contributed by atoms with Gasteiger partial charge in [0.05, 0.1) is 19.3 Å². The second-order valence-electron chi connectivity index (χ2n) is 5.34. The van der Waals surface area contributed by atoms with Crippen molar-refractivity contribution >= 4 is 23.6 Å². The normalized spacial score (nSPS) is 10.5. The molecule has 0 bridgehead atoms. The van der Waals surface area contributed by atoms with Crippen LogP contribution in [0.25, 0.3) is 0 Å². The van der Waals surface area contributed by atoms with Crippen molar-refractivity contribution in [3.8, 4) is 5.75 Å². The molecule has 5 nitrogen and oxygen atoms in total. The fraction of sp³-hybridized carbons (Fsp3) is 0.500. The highest BCUT2D eigenvalue weighted by atomic mass is 32.2. The van der Waals surface area contributed by atoms with Gasteiger partial charge in [0.1, 0.15) is 5.75 Å². The zero-order valence-corrected chi connectivity index (χ0v) is 14.1. The monoisotopic (exact) mass is 325 g/mol. The van der Waals surface area contributed by atoms with Gasteiger partial charge in [-0.3, -0.25) is 9.59 Å². The van der Waals surface area contributed by atoms with E-state index in [2.05, 4.69) is 0 Å². The molecule has 1 rings (SSSR count).